The minimum absolute atomic E-state index is 0.125. The molecule has 0 saturated heterocycles. The van der Waals surface area contributed by atoms with Crippen LogP contribution in [0.1, 0.15) is 32.1 Å². The molecule has 1 rings (SSSR count). The fraction of sp³-hybridized carbons (Fsp3) is 0.500. The average molecular weight is 310 g/mol. The quantitative estimate of drug-likeness (QED) is 0.552. The summed E-state index contributed by atoms with van der Waals surface area (Å²) in [5.74, 6) is 0.125. The summed E-state index contributed by atoms with van der Waals surface area (Å²) in [6, 6.07) is 0. The van der Waals surface area contributed by atoms with Crippen LogP contribution in [0.4, 0.5) is 17.3 Å². The fourth-order valence-corrected chi connectivity index (χ4v) is 2.79. The number of hydrogen-bond acceptors (Lipinski definition) is 1. The Labute approximate surface area is 118 Å². The Hall–Kier alpha value is -1.10. The molecule has 1 aromatic heterocycles. The largest absolute Gasteiger partial charge is 0.673 e. The van der Waals surface area contributed by atoms with Crippen LogP contribution in [-0.4, -0.2) is 32.2 Å². The molecule has 114 valence electrons. The van der Waals surface area contributed by atoms with Gasteiger partial charge in [0.25, 0.3) is 5.91 Å². The van der Waals surface area contributed by atoms with Gasteiger partial charge in [-0.05, 0) is 49.7 Å². The summed E-state index contributed by atoms with van der Waals surface area (Å²) in [6.07, 6.45) is 0. The van der Waals surface area contributed by atoms with Crippen molar-refractivity contribution in [2.45, 2.75) is 27.7 Å². The van der Waals surface area contributed by atoms with E-state index in [4.69, 9.17) is 0 Å². The maximum Gasteiger partial charge on any atom is 0.673 e. The first-order valence-electron chi connectivity index (χ1n) is 5.89. The zero-order valence-corrected chi connectivity index (χ0v) is 13.3. The zero-order chi connectivity index (χ0) is 16.2. The molecule has 0 unspecified atom stereocenters. The van der Waals surface area contributed by atoms with Crippen LogP contribution in [0.2, 0.25) is 0 Å². The van der Waals surface area contributed by atoms with Crippen molar-refractivity contribution in [2.75, 3.05) is 14.1 Å². The smallest absolute Gasteiger partial charge is 0.418 e. The average Bonchev–Trinajstić information content (AvgIpc) is 2.28. The molecule has 2 nitrogen and oxygen atoms in total. The lowest BCUT2D eigenvalue weighted by molar-refractivity contribution is 0.0831. The highest BCUT2D eigenvalue weighted by Gasteiger charge is 2.20. The van der Waals surface area contributed by atoms with Gasteiger partial charge in [-0.3, -0.25) is 4.79 Å². The van der Waals surface area contributed by atoms with Gasteiger partial charge in [-0.1, -0.05) is 8.19 Å². The highest BCUT2D eigenvalue weighted by Crippen LogP contribution is 2.30. The fourth-order valence-electron chi connectivity index (χ4n) is 1.49. The Bertz CT molecular complexity index is 497. The van der Waals surface area contributed by atoms with Gasteiger partial charge in [0, 0.05) is 14.1 Å². The van der Waals surface area contributed by atoms with E-state index in [2.05, 4.69) is 20.8 Å². The number of carbonyl (C=O) groups is 1. The molecule has 0 aliphatic rings. The van der Waals surface area contributed by atoms with E-state index in [0.29, 0.717) is 0 Å². The van der Waals surface area contributed by atoms with E-state index in [9.17, 15) is 22.1 Å². The third kappa shape index (κ3) is 5.91. The number of aryl methyl sites for hydroxylation is 1. The minimum Gasteiger partial charge on any atom is -0.418 e. The third-order valence-corrected chi connectivity index (χ3v) is 4.33. The van der Waals surface area contributed by atoms with E-state index in [1.54, 1.807) is 19.0 Å². The van der Waals surface area contributed by atoms with Gasteiger partial charge in [-0.15, -0.1) is 0 Å². The van der Waals surface area contributed by atoms with Crippen molar-refractivity contribution in [3.63, 3.8) is 0 Å². The number of nitrogens with zero attached hydrogens (tertiary/aromatic N) is 1. The van der Waals surface area contributed by atoms with Crippen LogP contribution in [-0.2, 0) is 0 Å². The van der Waals surface area contributed by atoms with Crippen molar-refractivity contribution in [2.24, 2.45) is 0 Å². The van der Waals surface area contributed by atoms with Crippen molar-refractivity contribution in [3.8, 4) is 0 Å². The molecule has 0 N–H and O–H groups in total. The zero-order valence-electron chi connectivity index (χ0n) is 12.4. The third-order valence-electron chi connectivity index (χ3n) is 2.91. The van der Waals surface area contributed by atoms with Crippen LogP contribution in [0.15, 0.2) is 0 Å². The Kier molecular flexibility index (Phi) is 6.68. The topological polar surface area (TPSA) is 20.3 Å². The lowest BCUT2D eigenvalue weighted by Gasteiger charge is -2.16. The second kappa shape index (κ2) is 7.07. The molecule has 0 atom stereocenters. The van der Waals surface area contributed by atoms with E-state index in [1.807, 2.05) is 6.92 Å². The van der Waals surface area contributed by atoms with Gasteiger partial charge in [0.1, 0.15) is 0 Å². The Morgan fingerprint density at radius 2 is 1.35 bits per heavy atom. The molecule has 1 aromatic rings. The van der Waals surface area contributed by atoms with Crippen molar-refractivity contribution in [1.82, 2.24) is 4.90 Å². The predicted octanol–water partition coefficient (Wildman–Crippen LogP) is 4.50. The Morgan fingerprint density at radius 1 is 0.950 bits per heavy atom. The lowest BCUT2D eigenvalue weighted by atomic mass is 10.1. The van der Waals surface area contributed by atoms with Gasteiger partial charge in [-0.2, -0.15) is 0 Å². The normalized spacial score (nSPS) is 11.1. The maximum absolute atomic E-state index is 11.9. The van der Waals surface area contributed by atoms with Crippen molar-refractivity contribution >= 4 is 21.4 Å². The number of halogens is 4. The van der Waals surface area contributed by atoms with Gasteiger partial charge in [0.15, 0.2) is 0 Å². The second-order valence-electron chi connectivity index (χ2n) is 4.62. The Morgan fingerprint density at radius 3 is 1.70 bits per heavy atom. The molecule has 0 radical (unpaired) electrons. The summed E-state index contributed by atoms with van der Waals surface area (Å²) in [7, 11) is -1.34. The molecule has 1 amide bonds. The predicted molar refractivity (Wildman–Crippen MR) is 76.1 cm³/mol. The number of amides is 1. The van der Waals surface area contributed by atoms with Crippen LogP contribution in [0.3, 0.4) is 0 Å². The van der Waals surface area contributed by atoms with E-state index in [0.717, 1.165) is 19.1 Å². The van der Waals surface area contributed by atoms with Crippen LogP contribution in [0.5, 0.6) is 0 Å². The molecule has 20 heavy (non-hydrogen) atoms. The molecule has 0 fully saturated rings. The molecular weight excluding hydrogens is 292 g/mol. The van der Waals surface area contributed by atoms with Crippen molar-refractivity contribution in [3.05, 3.63) is 27.3 Å². The molecule has 8 heteroatoms. The maximum atomic E-state index is 11.9. The van der Waals surface area contributed by atoms with Crippen LogP contribution in [0.25, 0.3) is 0 Å². The molecule has 0 aliphatic heterocycles. The van der Waals surface area contributed by atoms with Crippen LogP contribution < -0.4 is 0 Å². The van der Waals surface area contributed by atoms with Crippen LogP contribution >= 0.6 is 8.19 Å². The van der Waals surface area contributed by atoms with E-state index < -0.39 is 7.25 Å². The van der Waals surface area contributed by atoms with Gasteiger partial charge in [0.05, 0.1) is 5.30 Å². The molecule has 0 aliphatic carbocycles. The summed E-state index contributed by atoms with van der Waals surface area (Å²) in [5.41, 5.74) is 3.71. The first kappa shape index (κ1) is 18.9. The highest BCUT2D eigenvalue weighted by molar-refractivity contribution is 7.33. The molecule has 0 bridgehead atoms. The molecule has 0 saturated carbocycles. The number of hydrogen-bond donors (Lipinski definition) is 0. The van der Waals surface area contributed by atoms with E-state index in [-0.39, 0.29) is 5.91 Å². The second-order valence-corrected chi connectivity index (χ2v) is 5.96. The molecule has 1 heterocycles. The standard InChI is InChI=1S/C12H18NOP.BF4/c1-7-8(2)10(4)15-11(9(7)3)12(14)13(5)6;2-1(3,4)5/h1-6H3;/q;-1. The van der Waals surface area contributed by atoms with Crippen molar-refractivity contribution in [1.29, 1.82) is 0 Å². The number of rotatable bonds is 1. The van der Waals surface area contributed by atoms with E-state index >= 15 is 0 Å². The summed E-state index contributed by atoms with van der Waals surface area (Å²) < 4.78 is 39.0. The lowest BCUT2D eigenvalue weighted by Crippen LogP contribution is -2.22. The summed E-state index contributed by atoms with van der Waals surface area (Å²) in [6.45, 7) is 8.34. The molecular formula is C12H18BF4NOP-. The highest BCUT2D eigenvalue weighted by atomic mass is 31.0. The van der Waals surface area contributed by atoms with Crippen LogP contribution in [0, 0.1) is 27.7 Å². The summed E-state index contributed by atoms with van der Waals surface area (Å²) in [5, 5.41) is 2.20. The van der Waals surface area contributed by atoms with E-state index in [1.165, 1.54) is 16.4 Å². The molecule has 0 aromatic carbocycles. The van der Waals surface area contributed by atoms with Gasteiger partial charge >= 0.3 is 7.25 Å². The first-order chi connectivity index (χ1) is 8.86. The monoisotopic (exact) mass is 310 g/mol. The van der Waals surface area contributed by atoms with Gasteiger partial charge in [-0.25, -0.2) is 0 Å². The Balaban J connectivity index is 0.000000621. The SMILES string of the molecule is Cc1pc(C(=O)N(C)C)c(C)c(C)c1C.F[B-](F)(F)F. The van der Waals surface area contributed by atoms with Gasteiger partial charge < -0.3 is 22.2 Å². The number of carbonyl (C=O) groups excluding carboxylic acids is 1. The van der Waals surface area contributed by atoms with Crippen molar-refractivity contribution < 1.29 is 22.1 Å². The first-order valence-corrected chi connectivity index (χ1v) is 6.79. The molecule has 0 spiro atoms. The van der Waals surface area contributed by atoms with Gasteiger partial charge in [0.2, 0.25) is 0 Å². The summed E-state index contributed by atoms with van der Waals surface area (Å²) >= 11 is 0. The summed E-state index contributed by atoms with van der Waals surface area (Å²) in [4.78, 5) is 13.6. The minimum atomic E-state index is -6.00.